The van der Waals surface area contributed by atoms with Crippen molar-refractivity contribution in [3.05, 3.63) is 34.9 Å². The summed E-state index contributed by atoms with van der Waals surface area (Å²) in [6.07, 6.45) is 0.555. The number of carboxylic acid groups (broad SMARTS) is 1. The van der Waals surface area contributed by atoms with Crippen LogP contribution in [0.4, 0.5) is 0 Å². The molecular formula is C13H16ClNO3. The van der Waals surface area contributed by atoms with Crippen molar-refractivity contribution in [2.24, 2.45) is 0 Å². The lowest BCUT2D eigenvalue weighted by Gasteiger charge is -2.38. The van der Waals surface area contributed by atoms with Gasteiger partial charge in [0.15, 0.2) is 5.54 Å². The summed E-state index contributed by atoms with van der Waals surface area (Å²) in [5, 5.41) is 9.92. The highest BCUT2D eigenvalue weighted by atomic mass is 35.5. The van der Waals surface area contributed by atoms with E-state index in [1.807, 2.05) is 0 Å². The third-order valence-corrected chi connectivity index (χ3v) is 3.22. The van der Waals surface area contributed by atoms with Gasteiger partial charge in [-0.1, -0.05) is 23.7 Å². The average molecular weight is 270 g/mol. The van der Waals surface area contributed by atoms with Gasteiger partial charge in [0.1, 0.15) is 0 Å². The van der Waals surface area contributed by atoms with Crippen molar-refractivity contribution in [2.45, 2.75) is 32.4 Å². The second kappa shape index (κ2) is 5.40. The molecule has 4 nitrogen and oxygen atoms in total. The fraction of sp³-hybridized carbons (Fsp3) is 0.385. The topological polar surface area (TPSA) is 57.6 Å². The molecule has 98 valence electrons. The lowest BCUT2D eigenvalue weighted by molar-refractivity contribution is -0.156. The molecule has 1 aromatic rings. The van der Waals surface area contributed by atoms with Crippen molar-refractivity contribution >= 4 is 24.0 Å². The smallest absolute Gasteiger partial charge is 0.334 e. The van der Waals surface area contributed by atoms with Crippen LogP contribution in [0.5, 0.6) is 0 Å². The summed E-state index contributed by atoms with van der Waals surface area (Å²) in [4.78, 5) is 24.0. The molecule has 0 aliphatic rings. The van der Waals surface area contributed by atoms with Gasteiger partial charge in [-0.25, -0.2) is 4.79 Å². The Kier molecular flexibility index (Phi) is 4.35. The molecule has 0 fully saturated rings. The first-order chi connectivity index (χ1) is 8.33. The Morgan fingerprint density at radius 1 is 1.50 bits per heavy atom. The second-order valence-electron chi connectivity index (χ2n) is 4.49. The van der Waals surface area contributed by atoms with Crippen molar-refractivity contribution in [1.29, 1.82) is 0 Å². The van der Waals surface area contributed by atoms with Crippen LogP contribution < -0.4 is 0 Å². The van der Waals surface area contributed by atoms with Crippen molar-refractivity contribution in [3.8, 4) is 0 Å². The van der Waals surface area contributed by atoms with Crippen molar-refractivity contribution in [1.82, 2.24) is 4.90 Å². The molecular weight excluding hydrogens is 254 g/mol. The van der Waals surface area contributed by atoms with E-state index in [4.69, 9.17) is 11.6 Å². The lowest BCUT2D eigenvalue weighted by atomic mass is 9.89. The zero-order valence-electron chi connectivity index (χ0n) is 10.6. The van der Waals surface area contributed by atoms with Crippen LogP contribution in [0.1, 0.15) is 26.3 Å². The molecule has 1 N–H and O–H groups in total. The first-order valence-corrected chi connectivity index (χ1v) is 5.95. The predicted octanol–water partition coefficient (Wildman–Crippen LogP) is 2.51. The summed E-state index contributed by atoms with van der Waals surface area (Å²) >= 11 is 5.88. The first kappa shape index (κ1) is 14.5. The maximum atomic E-state index is 11.6. The molecule has 0 saturated heterocycles. The number of rotatable bonds is 5. The number of carbonyl (C=O) groups is 2. The molecule has 0 aliphatic carbocycles. The Balaban J connectivity index is 3.40. The van der Waals surface area contributed by atoms with Gasteiger partial charge in [0.25, 0.3) is 0 Å². The average Bonchev–Trinajstić information content (AvgIpc) is 2.28. The molecule has 1 unspecified atom stereocenters. The third kappa shape index (κ3) is 2.48. The van der Waals surface area contributed by atoms with Gasteiger partial charge in [0.05, 0.1) is 0 Å². The van der Waals surface area contributed by atoms with Gasteiger partial charge in [0.2, 0.25) is 6.41 Å². The molecule has 0 spiro atoms. The molecule has 5 heteroatoms. The number of amides is 1. The summed E-state index contributed by atoms with van der Waals surface area (Å²) in [6.45, 7) is 5.02. The molecule has 0 bridgehead atoms. The van der Waals surface area contributed by atoms with Crippen LogP contribution in [0.3, 0.4) is 0 Å². The highest BCUT2D eigenvalue weighted by Crippen LogP contribution is 2.31. The van der Waals surface area contributed by atoms with E-state index in [1.165, 1.54) is 11.8 Å². The summed E-state index contributed by atoms with van der Waals surface area (Å²) < 4.78 is 0. The minimum absolute atomic E-state index is 0.234. The first-order valence-electron chi connectivity index (χ1n) is 5.57. The Bertz CT molecular complexity index is 461. The molecule has 0 aromatic heterocycles. The maximum Gasteiger partial charge on any atom is 0.334 e. The van der Waals surface area contributed by atoms with E-state index < -0.39 is 11.5 Å². The molecule has 0 aliphatic heterocycles. The van der Waals surface area contributed by atoms with E-state index in [0.29, 0.717) is 17.0 Å². The minimum Gasteiger partial charge on any atom is -0.479 e. The van der Waals surface area contributed by atoms with Crippen LogP contribution >= 0.6 is 11.6 Å². The number of benzene rings is 1. The number of hydrogen-bond donors (Lipinski definition) is 1. The van der Waals surface area contributed by atoms with Gasteiger partial charge in [-0.3, -0.25) is 4.79 Å². The molecule has 0 radical (unpaired) electrons. The number of halogens is 1. The number of hydrogen-bond acceptors (Lipinski definition) is 2. The molecule has 1 rings (SSSR count). The Hall–Kier alpha value is -1.55. The maximum absolute atomic E-state index is 11.6. The van der Waals surface area contributed by atoms with Crippen LogP contribution in [0.2, 0.25) is 5.02 Å². The monoisotopic (exact) mass is 269 g/mol. The Labute approximate surface area is 111 Å². The molecule has 0 saturated carbocycles. The van der Waals surface area contributed by atoms with Crippen molar-refractivity contribution in [2.75, 3.05) is 0 Å². The van der Waals surface area contributed by atoms with E-state index in [-0.39, 0.29) is 6.04 Å². The second-order valence-corrected chi connectivity index (χ2v) is 4.93. The molecule has 18 heavy (non-hydrogen) atoms. The number of carbonyl (C=O) groups excluding carboxylic acids is 1. The fourth-order valence-corrected chi connectivity index (χ4v) is 2.11. The van der Waals surface area contributed by atoms with E-state index >= 15 is 0 Å². The number of nitrogens with zero attached hydrogens (tertiary/aromatic N) is 1. The van der Waals surface area contributed by atoms with E-state index in [2.05, 4.69) is 0 Å². The number of carboxylic acids is 1. The third-order valence-electron chi connectivity index (χ3n) is 2.99. The normalized spacial score (nSPS) is 14.1. The molecule has 1 amide bonds. The van der Waals surface area contributed by atoms with Gasteiger partial charge in [0, 0.05) is 11.1 Å². The fourth-order valence-electron chi connectivity index (χ4n) is 1.92. The Morgan fingerprint density at radius 2 is 2.11 bits per heavy atom. The van der Waals surface area contributed by atoms with E-state index in [1.54, 1.807) is 38.1 Å². The summed E-state index contributed by atoms with van der Waals surface area (Å²) in [5.41, 5.74) is -0.954. The van der Waals surface area contributed by atoms with E-state index in [9.17, 15) is 14.7 Å². The van der Waals surface area contributed by atoms with Gasteiger partial charge in [-0.2, -0.15) is 0 Å². The SMILES string of the molecule is CC(C)N(C=O)C(C)(C(=O)O)c1cccc(Cl)c1. The molecule has 1 atom stereocenters. The van der Waals surface area contributed by atoms with Gasteiger partial charge in [-0.05, 0) is 38.5 Å². The summed E-state index contributed by atoms with van der Waals surface area (Å²) in [5.74, 6) is -1.09. The van der Waals surface area contributed by atoms with Gasteiger partial charge < -0.3 is 10.0 Å². The minimum atomic E-state index is -1.43. The highest BCUT2D eigenvalue weighted by molar-refractivity contribution is 6.30. The number of aliphatic carboxylic acids is 1. The van der Waals surface area contributed by atoms with Crippen molar-refractivity contribution < 1.29 is 14.7 Å². The standard InChI is InChI=1S/C13H16ClNO3/c1-9(2)15(8-16)13(3,12(17)18)10-5-4-6-11(14)7-10/h4-9H,1-3H3,(H,17,18). The molecule has 1 aromatic carbocycles. The lowest BCUT2D eigenvalue weighted by Crippen LogP contribution is -2.52. The molecule has 0 heterocycles. The Morgan fingerprint density at radius 3 is 2.50 bits per heavy atom. The van der Waals surface area contributed by atoms with Crippen LogP contribution in [0.15, 0.2) is 24.3 Å². The zero-order valence-corrected chi connectivity index (χ0v) is 11.3. The van der Waals surface area contributed by atoms with Crippen LogP contribution in [0.25, 0.3) is 0 Å². The van der Waals surface area contributed by atoms with Crippen molar-refractivity contribution in [3.63, 3.8) is 0 Å². The summed E-state index contributed by atoms with van der Waals surface area (Å²) in [7, 11) is 0. The predicted molar refractivity (Wildman–Crippen MR) is 69.5 cm³/mol. The largest absolute Gasteiger partial charge is 0.479 e. The van der Waals surface area contributed by atoms with Gasteiger partial charge in [-0.15, -0.1) is 0 Å². The highest BCUT2D eigenvalue weighted by Gasteiger charge is 2.42. The zero-order chi connectivity index (χ0) is 13.9. The van der Waals surface area contributed by atoms with E-state index in [0.717, 1.165) is 0 Å². The van der Waals surface area contributed by atoms with Gasteiger partial charge >= 0.3 is 5.97 Å². The summed E-state index contributed by atoms with van der Waals surface area (Å²) in [6, 6.07) is 6.31. The quantitative estimate of drug-likeness (QED) is 0.836. The van der Waals surface area contributed by atoms with Crippen LogP contribution in [0, 0.1) is 0 Å². The van der Waals surface area contributed by atoms with Crippen LogP contribution in [-0.2, 0) is 15.1 Å². The van der Waals surface area contributed by atoms with Crippen LogP contribution in [-0.4, -0.2) is 28.4 Å².